The third kappa shape index (κ3) is 6.22. The highest BCUT2D eigenvalue weighted by Crippen LogP contribution is 2.31. The molecule has 1 aromatic heterocycles. The number of hydrogen-bond acceptors (Lipinski definition) is 8. The molecule has 1 fully saturated rings. The number of fused-ring (bicyclic) bond motifs is 1. The molecule has 3 heterocycles. The third-order valence-electron chi connectivity index (χ3n) is 6.63. The molecule has 1 N–H and O–H groups in total. The van der Waals surface area contributed by atoms with E-state index in [1.807, 2.05) is 27.1 Å². The zero-order chi connectivity index (χ0) is 25.7. The van der Waals surface area contributed by atoms with Crippen molar-refractivity contribution in [3.8, 4) is 12.1 Å². The van der Waals surface area contributed by atoms with Gasteiger partial charge in [0.1, 0.15) is 11.9 Å². The van der Waals surface area contributed by atoms with Crippen LogP contribution in [0.1, 0.15) is 30.2 Å². The summed E-state index contributed by atoms with van der Waals surface area (Å²) in [5, 5.41) is 18.9. The van der Waals surface area contributed by atoms with E-state index in [2.05, 4.69) is 45.0 Å². The van der Waals surface area contributed by atoms with Gasteiger partial charge in [0, 0.05) is 51.4 Å². The van der Waals surface area contributed by atoms with Crippen LogP contribution in [0.5, 0.6) is 6.01 Å². The Hall–Kier alpha value is -3.42. The van der Waals surface area contributed by atoms with Crippen molar-refractivity contribution in [1.82, 2.24) is 24.7 Å². The molecule has 10 nitrogen and oxygen atoms in total. The maximum atomic E-state index is 11.7. The SMILES string of the molecule is C[C@H](CN(C)C)Oc1nc2c(c(N3CCN(C(=O)O)C(CC#N)C3)n1)CCN(Cc1ccccc1)C2. The number of rotatable bonds is 8. The number of amides is 1. The van der Waals surface area contributed by atoms with Crippen LogP contribution < -0.4 is 9.64 Å². The lowest BCUT2D eigenvalue weighted by molar-refractivity contribution is 0.118. The molecule has 1 amide bonds. The molecule has 1 unspecified atom stereocenters. The Bertz CT molecular complexity index is 1090. The van der Waals surface area contributed by atoms with Crippen LogP contribution in [0.2, 0.25) is 0 Å². The highest BCUT2D eigenvalue weighted by molar-refractivity contribution is 5.66. The van der Waals surface area contributed by atoms with E-state index in [1.54, 1.807) is 0 Å². The number of likely N-dealkylation sites (N-methyl/N-ethyl adjacent to an activating group) is 1. The smallest absolute Gasteiger partial charge is 0.407 e. The average Bonchev–Trinajstić information content (AvgIpc) is 2.83. The van der Waals surface area contributed by atoms with E-state index < -0.39 is 12.1 Å². The second kappa shape index (κ2) is 11.5. The van der Waals surface area contributed by atoms with Gasteiger partial charge in [0.25, 0.3) is 0 Å². The van der Waals surface area contributed by atoms with Gasteiger partial charge in [-0.1, -0.05) is 30.3 Å². The summed E-state index contributed by atoms with van der Waals surface area (Å²) in [5.41, 5.74) is 3.30. The van der Waals surface area contributed by atoms with Gasteiger partial charge in [-0.2, -0.15) is 15.2 Å². The standard InChI is InChI=1S/C26H35N7O3/c1-19(15-30(2)3)36-25-28-23-18-31(16-20-7-5-4-6-8-20)12-10-22(23)24(29-25)32-13-14-33(26(34)35)21(17-32)9-11-27/h4-8,19,21H,9-10,12-18H2,1-3H3,(H,34,35)/t19-,21?/m1/s1. The monoisotopic (exact) mass is 493 g/mol. The highest BCUT2D eigenvalue weighted by Gasteiger charge is 2.34. The van der Waals surface area contributed by atoms with Gasteiger partial charge in [0.15, 0.2) is 0 Å². The Morgan fingerprint density at radius 2 is 2.03 bits per heavy atom. The molecular weight excluding hydrogens is 458 g/mol. The minimum atomic E-state index is -0.988. The molecule has 10 heteroatoms. The largest absolute Gasteiger partial charge is 0.465 e. The van der Waals surface area contributed by atoms with Crippen molar-refractivity contribution in [2.75, 3.05) is 51.7 Å². The zero-order valence-corrected chi connectivity index (χ0v) is 21.3. The molecule has 4 rings (SSSR count). The Labute approximate surface area is 212 Å². The predicted molar refractivity (Wildman–Crippen MR) is 136 cm³/mol. The molecule has 2 aromatic rings. The molecule has 2 aliphatic rings. The van der Waals surface area contributed by atoms with Gasteiger partial charge in [-0.05, 0) is 33.0 Å². The first-order chi connectivity index (χ1) is 17.3. The second-order valence-corrected chi connectivity index (χ2v) is 9.83. The lowest BCUT2D eigenvalue weighted by atomic mass is 10.0. The second-order valence-electron chi connectivity index (χ2n) is 9.83. The minimum Gasteiger partial charge on any atom is -0.465 e. The first-order valence-corrected chi connectivity index (χ1v) is 12.4. The van der Waals surface area contributed by atoms with Crippen LogP contribution in [-0.2, 0) is 19.5 Å². The number of nitriles is 1. The number of carbonyl (C=O) groups is 1. The molecule has 0 radical (unpaired) electrons. The summed E-state index contributed by atoms with van der Waals surface area (Å²) in [4.78, 5) is 29.3. The number of piperazine rings is 1. The summed E-state index contributed by atoms with van der Waals surface area (Å²) in [7, 11) is 4.00. The van der Waals surface area contributed by atoms with Crippen molar-refractivity contribution >= 4 is 11.9 Å². The van der Waals surface area contributed by atoms with Gasteiger partial charge in [-0.3, -0.25) is 4.90 Å². The van der Waals surface area contributed by atoms with Crippen LogP contribution >= 0.6 is 0 Å². The molecule has 0 bridgehead atoms. The Balaban J connectivity index is 1.62. The van der Waals surface area contributed by atoms with Crippen molar-refractivity contribution in [3.63, 3.8) is 0 Å². The van der Waals surface area contributed by atoms with Crippen molar-refractivity contribution in [1.29, 1.82) is 5.26 Å². The van der Waals surface area contributed by atoms with E-state index in [-0.39, 0.29) is 12.5 Å². The number of nitrogens with zero attached hydrogens (tertiary/aromatic N) is 7. The lowest BCUT2D eigenvalue weighted by Gasteiger charge is -2.41. The molecule has 2 atom stereocenters. The van der Waals surface area contributed by atoms with E-state index >= 15 is 0 Å². The van der Waals surface area contributed by atoms with Crippen LogP contribution in [0.3, 0.4) is 0 Å². The van der Waals surface area contributed by atoms with Gasteiger partial charge >= 0.3 is 12.1 Å². The van der Waals surface area contributed by atoms with Crippen LogP contribution in [0.15, 0.2) is 30.3 Å². The van der Waals surface area contributed by atoms with E-state index in [0.29, 0.717) is 32.2 Å². The van der Waals surface area contributed by atoms with Crippen molar-refractivity contribution in [2.24, 2.45) is 0 Å². The predicted octanol–water partition coefficient (Wildman–Crippen LogP) is 2.45. The van der Waals surface area contributed by atoms with Crippen LogP contribution in [-0.4, -0.2) is 94.8 Å². The summed E-state index contributed by atoms with van der Waals surface area (Å²) in [6.45, 7) is 6.40. The Morgan fingerprint density at radius 3 is 2.72 bits per heavy atom. The number of carboxylic acid groups (broad SMARTS) is 1. The average molecular weight is 494 g/mol. The normalized spacial score (nSPS) is 19.0. The first-order valence-electron chi connectivity index (χ1n) is 12.4. The van der Waals surface area contributed by atoms with Gasteiger partial charge in [0.2, 0.25) is 0 Å². The maximum absolute atomic E-state index is 11.7. The topological polar surface area (TPSA) is 109 Å². The summed E-state index contributed by atoms with van der Waals surface area (Å²) in [6, 6.07) is 12.5. The summed E-state index contributed by atoms with van der Waals surface area (Å²) in [5.74, 6) is 0.805. The van der Waals surface area contributed by atoms with Gasteiger partial charge in [-0.15, -0.1) is 0 Å². The summed E-state index contributed by atoms with van der Waals surface area (Å²) >= 11 is 0. The van der Waals surface area contributed by atoms with Crippen LogP contribution in [0.25, 0.3) is 0 Å². The fraction of sp³-hybridized carbons (Fsp3) is 0.538. The van der Waals surface area contributed by atoms with E-state index in [4.69, 9.17) is 14.7 Å². The summed E-state index contributed by atoms with van der Waals surface area (Å²) in [6.07, 6.45) is -0.139. The number of aromatic nitrogens is 2. The Kier molecular flexibility index (Phi) is 8.23. The maximum Gasteiger partial charge on any atom is 0.407 e. The number of anilines is 1. The number of hydrogen-bond donors (Lipinski definition) is 1. The zero-order valence-electron chi connectivity index (χ0n) is 21.3. The molecular formula is C26H35N7O3. The minimum absolute atomic E-state index is 0.0925. The van der Waals surface area contributed by atoms with Crippen molar-refractivity contribution < 1.29 is 14.6 Å². The highest BCUT2D eigenvalue weighted by atomic mass is 16.5. The molecule has 1 aromatic carbocycles. The molecule has 1 saturated heterocycles. The molecule has 2 aliphatic heterocycles. The van der Waals surface area contributed by atoms with E-state index in [0.717, 1.165) is 43.1 Å². The van der Waals surface area contributed by atoms with E-state index in [9.17, 15) is 15.2 Å². The van der Waals surface area contributed by atoms with Gasteiger partial charge < -0.3 is 24.5 Å². The van der Waals surface area contributed by atoms with E-state index in [1.165, 1.54) is 10.5 Å². The molecule has 0 saturated carbocycles. The summed E-state index contributed by atoms with van der Waals surface area (Å²) < 4.78 is 6.14. The Morgan fingerprint density at radius 1 is 1.25 bits per heavy atom. The van der Waals surface area contributed by atoms with Gasteiger partial charge in [0.05, 0.1) is 24.2 Å². The third-order valence-corrected chi connectivity index (χ3v) is 6.63. The molecule has 36 heavy (non-hydrogen) atoms. The van der Waals surface area contributed by atoms with Gasteiger partial charge in [-0.25, -0.2) is 4.79 Å². The van der Waals surface area contributed by atoms with Crippen LogP contribution in [0.4, 0.5) is 10.6 Å². The fourth-order valence-corrected chi connectivity index (χ4v) is 5.04. The van der Waals surface area contributed by atoms with Crippen molar-refractivity contribution in [2.45, 2.75) is 45.0 Å². The molecule has 0 spiro atoms. The lowest BCUT2D eigenvalue weighted by Crippen LogP contribution is -2.55. The quantitative estimate of drug-likeness (QED) is 0.593. The molecule has 0 aliphatic carbocycles. The molecule has 192 valence electrons. The fourth-order valence-electron chi connectivity index (χ4n) is 5.04. The first kappa shape index (κ1) is 25.7. The number of benzene rings is 1. The van der Waals surface area contributed by atoms with Crippen LogP contribution in [0, 0.1) is 11.3 Å². The van der Waals surface area contributed by atoms with Crippen molar-refractivity contribution in [3.05, 3.63) is 47.2 Å². The number of ether oxygens (including phenoxy) is 1.